The van der Waals surface area contributed by atoms with Crippen molar-refractivity contribution in [1.82, 2.24) is 14.5 Å². The summed E-state index contributed by atoms with van der Waals surface area (Å²) in [6, 6.07) is 57.7. The minimum absolute atomic E-state index is 0.678. The van der Waals surface area contributed by atoms with E-state index in [-0.39, 0.29) is 0 Å². The zero-order valence-corrected chi connectivity index (χ0v) is 26.8. The Labute approximate surface area is 286 Å². The molecule has 0 N–H and O–H groups in total. The van der Waals surface area contributed by atoms with Crippen LogP contribution in [-0.2, 0) is 0 Å². The van der Waals surface area contributed by atoms with E-state index in [1.54, 1.807) is 0 Å². The Morgan fingerprint density at radius 1 is 0.400 bits per heavy atom. The molecule has 0 saturated carbocycles. The third-order valence-corrected chi connectivity index (χ3v) is 10.2. The van der Waals surface area contributed by atoms with Crippen LogP contribution in [0.5, 0.6) is 0 Å². The van der Waals surface area contributed by atoms with Crippen molar-refractivity contribution in [2.75, 3.05) is 0 Å². The Morgan fingerprint density at radius 3 is 1.76 bits per heavy atom. The van der Waals surface area contributed by atoms with Crippen molar-refractivity contribution in [3.05, 3.63) is 164 Å². The molecule has 0 amide bonds. The molecule has 3 heterocycles. The Morgan fingerprint density at radius 2 is 1.00 bits per heavy atom. The van der Waals surface area contributed by atoms with Crippen molar-refractivity contribution in [1.29, 1.82) is 0 Å². The van der Waals surface area contributed by atoms with Gasteiger partial charge in [-0.3, -0.25) is 4.57 Å². The number of para-hydroxylation sites is 2. The molecule has 0 fully saturated rings. The van der Waals surface area contributed by atoms with Gasteiger partial charge in [0, 0.05) is 33.4 Å². The van der Waals surface area contributed by atoms with E-state index in [0.717, 1.165) is 66.4 Å². The number of furan rings is 1. The smallest absolute Gasteiger partial charge is 0.162 e. The SMILES string of the molecule is c1ccc(-c2nc(-c3ccc4c5ccccc5c5ccccc5c4c3)cc(-n3c4ccccc4c4c5oc6ccccc6c5ccc43)n2)cc1. The molecule has 0 spiro atoms. The predicted molar refractivity (Wildman–Crippen MR) is 207 cm³/mol. The van der Waals surface area contributed by atoms with Gasteiger partial charge in [-0.05, 0) is 62.6 Å². The fourth-order valence-corrected chi connectivity index (χ4v) is 7.96. The summed E-state index contributed by atoms with van der Waals surface area (Å²) >= 11 is 0. The van der Waals surface area contributed by atoms with E-state index in [0.29, 0.717) is 5.82 Å². The van der Waals surface area contributed by atoms with Crippen molar-refractivity contribution >= 4 is 76.1 Å². The van der Waals surface area contributed by atoms with Gasteiger partial charge in [0.2, 0.25) is 0 Å². The molecular weight excluding hydrogens is 611 g/mol. The lowest BCUT2D eigenvalue weighted by Crippen LogP contribution is -2.02. The second-order valence-corrected chi connectivity index (χ2v) is 12.9. The van der Waals surface area contributed by atoms with Gasteiger partial charge in [-0.25, -0.2) is 9.97 Å². The van der Waals surface area contributed by atoms with Crippen molar-refractivity contribution in [2.45, 2.75) is 0 Å². The highest BCUT2D eigenvalue weighted by molar-refractivity contribution is 6.26. The lowest BCUT2D eigenvalue weighted by molar-refractivity contribution is 0.673. The highest BCUT2D eigenvalue weighted by atomic mass is 16.3. The highest BCUT2D eigenvalue weighted by Gasteiger charge is 2.21. The lowest BCUT2D eigenvalue weighted by Gasteiger charge is -2.14. The second-order valence-electron chi connectivity index (χ2n) is 12.9. The second kappa shape index (κ2) is 10.4. The van der Waals surface area contributed by atoms with Crippen LogP contribution in [0.15, 0.2) is 168 Å². The Kier molecular flexibility index (Phi) is 5.63. The van der Waals surface area contributed by atoms with Crippen LogP contribution < -0.4 is 0 Å². The first-order valence-corrected chi connectivity index (χ1v) is 16.9. The largest absolute Gasteiger partial charge is 0.455 e. The number of hydrogen-bond acceptors (Lipinski definition) is 3. The zero-order chi connectivity index (χ0) is 32.8. The molecule has 4 heteroatoms. The normalized spacial score (nSPS) is 12.0. The molecular formula is C46H27N3O. The van der Waals surface area contributed by atoms with Crippen molar-refractivity contribution < 1.29 is 4.42 Å². The first kappa shape index (κ1) is 27.2. The Bertz CT molecular complexity index is 3120. The molecule has 0 atom stereocenters. The molecule has 0 unspecified atom stereocenters. The molecule has 4 nitrogen and oxygen atoms in total. The fourth-order valence-electron chi connectivity index (χ4n) is 7.96. The molecule has 0 aliphatic heterocycles. The molecule has 232 valence electrons. The molecule has 3 aromatic heterocycles. The van der Waals surface area contributed by atoms with Gasteiger partial charge in [-0.15, -0.1) is 0 Å². The third kappa shape index (κ3) is 3.87. The quantitative estimate of drug-likeness (QED) is 0.181. The van der Waals surface area contributed by atoms with E-state index in [1.165, 1.54) is 32.3 Å². The Hall–Kier alpha value is -6.78. The summed E-state index contributed by atoms with van der Waals surface area (Å²) in [6.45, 7) is 0. The highest BCUT2D eigenvalue weighted by Crippen LogP contribution is 2.41. The summed E-state index contributed by atoms with van der Waals surface area (Å²) in [7, 11) is 0. The molecule has 0 radical (unpaired) electrons. The molecule has 0 saturated heterocycles. The van der Waals surface area contributed by atoms with Gasteiger partial charge >= 0.3 is 0 Å². The summed E-state index contributed by atoms with van der Waals surface area (Å²) in [5.74, 6) is 1.48. The Balaban J connectivity index is 1.22. The van der Waals surface area contributed by atoms with E-state index in [4.69, 9.17) is 14.4 Å². The van der Waals surface area contributed by atoms with E-state index in [1.807, 2.05) is 30.3 Å². The first-order valence-electron chi connectivity index (χ1n) is 16.9. The van der Waals surface area contributed by atoms with Crippen LogP contribution in [0.4, 0.5) is 0 Å². The van der Waals surface area contributed by atoms with Crippen LogP contribution in [0.25, 0.3) is 105 Å². The van der Waals surface area contributed by atoms with Gasteiger partial charge in [-0.1, -0.05) is 127 Å². The summed E-state index contributed by atoms with van der Waals surface area (Å²) < 4.78 is 8.83. The summed E-state index contributed by atoms with van der Waals surface area (Å²) in [4.78, 5) is 10.5. The number of rotatable bonds is 3. The zero-order valence-electron chi connectivity index (χ0n) is 26.8. The van der Waals surface area contributed by atoms with E-state index in [9.17, 15) is 0 Å². The van der Waals surface area contributed by atoms with E-state index < -0.39 is 0 Å². The fraction of sp³-hybridized carbons (Fsp3) is 0. The van der Waals surface area contributed by atoms with Gasteiger partial charge in [0.05, 0.1) is 22.1 Å². The molecule has 11 aromatic rings. The van der Waals surface area contributed by atoms with Crippen LogP contribution in [-0.4, -0.2) is 14.5 Å². The van der Waals surface area contributed by atoms with Crippen LogP contribution in [0.3, 0.4) is 0 Å². The topological polar surface area (TPSA) is 43.9 Å². The van der Waals surface area contributed by atoms with Crippen LogP contribution in [0.1, 0.15) is 0 Å². The lowest BCUT2D eigenvalue weighted by atomic mass is 9.93. The summed E-state index contributed by atoms with van der Waals surface area (Å²) in [5.41, 5.74) is 6.76. The minimum Gasteiger partial charge on any atom is -0.455 e. The van der Waals surface area contributed by atoms with Crippen molar-refractivity contribution in [3.8, 4) is 28.5 Å². The molecule has 0 aliphatic carbocycles. The van der Waals surface area contributed by atoms with Gasteiger partial charge in [0.15, 0.2) is 5.82 Å². The number of aromatic nitrogens is 3. The van der Waals surface area contributed by atoms with Gasteiger partial charge in [0.25, 0.3) is 0 Å². The molecule has 0 aliphatic rings. The average molecular weight is 638 g/mol. The van der Waals surface area contributed by atoms with Crippen LogP contribution in [0.2, 0.25) is 0 Å². The molecule has 50 heavy (non-hydrogen) atoms. The maximum absolute atomic E-state index is 6.57. The summed E-state index contributed by atoms with van der Waals surface area (Å²) in [5, 5.41) is 11.9. The average Bonchev–Trinajstić information content (AvgIpc) is 3.74. The van der Waals surface area contributed by atoms with Gasteiger partial charge in [0.1, 0.15) is 17.0 Å². The van der Waals surface area contributed by atoms with Gasteiger partial charge in [-0.2, -0.15) is 0 Å². The van der Waals surface area contributed by atoms with E-state index >= 15 is 0 Å². The van der Waals surface area contributed by atoms with Gasteiger partial charge < -0.3 is 4.42 Å². The molecule has 0 bridgehead atoms. The van der Waals surface area contributed by atoms with E-state index in [2.05, 4.69) is 138 Å². The monoisotopic (exact) mass is 637 g/mol. The van der Waals surface area contributed by atoms with Crippen molar-refractivity contribution in [3.63, 3.8) is 0 Å². The number of nitrogens with zero attached hydrogens (tertiary/aromatic N) is 3. The number of benzene rings is 8. The maximum atomic E-state index is 6.57. The number of fused-ring (bicyclic) bond motifs is 13. The van der Waals surface area contributed by atoms with Crippen LogP contribution in [0, 0.1) is 0 Å². The third-order valence-electron chi connectivity index (χ3n) is 10.2. The summed E-state index contributed by atoms with van der Waals surface area (Å²) in [6.07, 6.45) is 0. The molecule has 8 aromatic carbocycles. The maximum Gasteiger partial charge on any atom is 0.162 e. The van der Waals surface area contributed by atoms with Crippen molar-refractivity contribution in [2.24, 2.45) is 0 Å². The predicted octanol–water partition coefficient (Wildman–Crippen LogP) is 12.3. The van der Waals surface area contributed by atoms with Crippen LogP contribution >= 0.6 is 0 Å². The standard InChI is InChI=1S/C46H27N3O/c1-2-12-28(13-3-1)46-47-39(29-22-23-34-32-16-5-4-14-30(32)31-15-6-7-17-33(31)38(34)26-29)27-43(48-46)49-40-20-10-8-19-37(40)44-41(49)25-24-36-35-18-9-11-21-42(35)50-45(36)44/h1-27H. The molecule has 11 rings (SSSR count). The number of hydrogen-bond donors (Lipinski definition) is 0. The minimum atomic E-state index is 0.678. The first-order chi connectivity index (χ1) is 24.8.